The highest BCUT2D eigenvalue weighted by molar-refractivity contribution is 9.11. The van der Waals surface area contributed by atoms with E-state index in [0.717, 1.165) is 12.8 Å². The predicted molar refractivity (Wildman–Crippen MR) is 124 cm³/mol. The van der Waals surface area contributed by atoms with E-state index >= 15 is 4.39 Å². The van der Waals surface area contributed by atoms with Crippen molar-refractivity contribution < 1.29 is 13.4 Å². The molecule has 0 aliphatic carbocycles. The maximum absolute atomic E-state index is 15.2. The summed E-state index contributed by atoms with van der Waals surface area (Å²) in [7, 11) is -2.94. The molecule has 166 valence electrons. The molecule has 1 unspecified atom stereocenters. The van der Waals surface area contributed by atoms with Crippen LogP contribution in [0.3, 0.4) is 0 Å². The average molecular weight is 510 g/mol. The van der Waals surface area contributed by atoms with Crippen LogP contribution in [0.1, 0.15) is 37.0 Å². The number of hydrogen-bond donors (Lipinski definition) is 2. The van der Waals surface area contributed by atoms with Crippen molar-refractivity contribution in [3.8, 4) is 0 Å². The van der Waals surface area contributed by atoms with Gasteiger partial charge in [0.2, 0.25) is 5.96 Å². The number of aliphatic imine (C=N–C) groups is 1. The molecule has 0 radical (unpaired) electrons. The second-order valence-electron chi connectivity index (χ2n) is 8.22. The molecule has 3 aliphatic rings. The van der Waals surface area contributed by atoms with Crippen LogP contribution in [0, 0.1) is 0 Å². The minimum Gasteiger partial charge on any atom is -0.366 e. The van der Waals surface area contributed by atoms with E-state index in [1.807, 2.05) is 6.07 Å². The van der Waals surface area contributed by atoms with Gasteiger partial charge >= 0.3 is 0 Å². The molecular weight excluding hydrogens is 485 g/mol. The van der Waals surface area contributed by atoms with Gasteiger partial charge in [-0.05, 0) is 66.9 Å². The maximum atomic E-state index is 15.2. The minimum atomic E-state index is -2.94. The molecule has 1 aromatic rings. The Hall–Kier alpha value is -2.20. The highest BCUT2D eigenvalue weighted by atomic mass is 79.9. The zero-order valence-electron chi connectivity index (χ0n) is 17.4. The molecule has 7 nitrogen and oxygen atoms in total. The fourth-order valence-corrected chi connectivity index (χ4v) is 7.18. The number of guanidine groups is 1. The van der Waals surface area contributed by atoms with Crippen molar-refractivity contribution in [2.75, 3.05) is 18.8 Å². The molecule has 0 fully saturated rings. The second-order valence-corrected chi connectivity index (χ2v) is 11.3. The molecule has 3 atom stereocenters. The molecule has 3 heterocycles. The van der Waals surface area contributed by atoms with Gasteiger partial charge in [0.15, 0.2) is 0 Å². The number of fused-ring (bicyclic) bond motifs is 1. The van der Waals surface area contributed by atoms with Crippen LogP contribution in [0.15, 0.2) is 62.3 Å². The highest BCUT2D eigenvalue weighted by Crippen LogP contribution is 2.41. The fraction of sp³-hybridized carbons (Fsp3) is 0.429. The molecule has 2 N–H and O–H groups in total. The van der Waals surface area contributed by atoms with Crippen molar-refractivity contribution >= 4 is 37.7 Å². The number of nitrogens with zero attached hydrogens (tertiary/aromatic N) is 3. The number of amides is 1. The molecular formula is C21H25BrFN5O2S. The Bertz CT molecular complexity index is 1110. The third kappa shape index (κ3) is 3.91. The van der Waals surface area contributed by atoms with Crippen LogP contribution in [0.25, 0.3) is 0 Å². The number of rotatable bonds is 2. The molecule has 31 heavy (non-hydrogen) atoms. The molecule has 1 aromatic carbocycles. The normalized spacial score (nSPS) is 32.9. The Kier molecular flexibility index (Phi) is 5.72. The van der Waals surface area contributed by atoms with Crippen LogP contribution in [-0.2, 0) is 9.92 Å². The first-order chi connectivity index (χ1) is 14.7. The molecule has 1 amide bonds. The van der Waals surface area contributed by atoms with E-state index in [2.05, 4.69) is 30.9 Å². The van der Waals surface area contributed by atoms with Gasteiger partial charge in [-0.2, -0.15) is 0 Å². The van der Waals surface area contributed by atoms with Crippen molar-refractivity contribution in [2.45, 2.75) is 37.8 Å². The monoisotopic (exact) mass is 509 g/mol. The number of nitrogens with one attached hydrogen (secondary N) is 2. The first kappa shape index (κ1) is 22.0. The predicted octanol–water partition coefficient (Wildman–Crippen LogP) is 3.48. The van der Waals surface area contributed by atoms with Crippen LogP contribution in [-0.4, -0.2) is 50.3 Å². The Morgan fingerprint density at radius 1 is 1.26 bits per heavy atom. The van der Waals surface area contributed by atoms with E-state index in [9.17, 15) is 9.00 Å². The Morgan fingerprint density at radius 2 is 2.00 bits per heavy atom. The third-order valence-electron chi connectivity index (χ3n) is 6.03. The van der Waals surface area contributed by atoms with E-state index < -0.39 is 26.8 Å². The summed E-state index contributed by atoms with van der Waals surface area (Å²) in [5.41, 5.74) is -2.00. The molecule has 10 heteroatoms. The molecule has 0 aromatic heterocycles. The molecule has 0 bridgehead atoms. The van der Waals surface area contributed by atoms with Gasteiger partial charge in [0.25, 0.3) is 5.91 Å². The van der Waals surface area contributed by atoms with Crippen LogP contribution < -0.4 is 10.6 Å². The molecule has 0 saturated carbocycles. The van der Waals surface area contributed by atoms with Gasteiger partial charge in [-0.15, -0.1) is 0 Å². The van der Waals surface area contributed by atoms with Crippen molar-refractivity contribution in [3.63, 3.8) is 0 Å². The lowest BCUT2D eigenvalue weighted by Crippen LogP contribution is -2.67. The van der Waals surface area contributed by atoms with Gasteiger partial charge in [-0.3, -0.25) is 14.4 Å². The first-order valence-electron chi connectivity index (χ1n) is 10.1. The van der Waals surface area contributed by atoms with Crippen molar-refractivity contribution in [3.05, 3.63) is 58.5 Å². The van der Waals surface area contributed by atoms with Gasteiger partial charge in [-0.25, -0.2) is 18.0 Å². The van der Waals surface area contributed by atoms with Crippen LogP contribution in [0.2, 0.25) is 0 Å². The second kappa shape index (κ2) is 8.05. The van der Waals surface area contributed by atoms with E-state index in [4.69, 9.17) is 4.99 Å². The van der Waals surface area contributed by atoms with E-state index in [1.165, 1.54) is 6.08 Å². The Morgan fingerprint density at radius 3 is 2.74 bits per heavy atom. The Balaban J connectivity index is 1.81. The number of dihydropyridines is 1. The number of allylic oxidation sites excluding steroid dienone is 2. The summed E-state index contributed by atoms with van der Waals surface area (Å²) in [6.45, 7) is 4.34. The highest BCUT2D eigenvalue weighted by Gasteiger charge is 2.55. The van der Waals surface area contributed by atoms with Crippen LogP contribution in [0.4, 0.5) is 4.39 Å². The quantitative estimate of drug-likeness (QED) is 0.598. The summed E-state index contributed by atoms with van der Waals surface area (Å²) >= 11 is 3.38. The molecule has 0 saturated heterocycles. The van der Waals surface area contributed by atoms with Gasteiger partial charge in [0.05, 0.1) is 16.9 Å². The molecule has 4 rings (SSSR count). The SMILES string of the molecule is CC1([C@]2(C)C[S@@]3(=O)=NCCCCN3C(NC(=O)c3ccccc3)=N2)NC(Br)=CC=C1F. The summed E-state index contributed by atoms with van der Waals surface area (Å²) < 4.78 is 35.9. The zero-order chi connectivity index (χ0) is 22.3. The lowest BCUT2D eigenvalue weighted by atomic mass is 9.79. The number of carbonyl (C=O) groups is 1. The van der Waals surface area contributed by atoms with Gasteiger partial charge in [-0.1, -0.05) is 18.2 Å². The van der Waals surface area contributed by atoms with E-state index in [0.29, 0.717) is 23.3 Å². The lowest BCUT2D eigenvalue weighted by Gasteiger charge is -2.49. The smallest absolute Gasteiger partial charge is 0.257 e. The summed E-state index contributed by atoms with van der Waals surface area (Å²) in [5, 5.41) is 5.94. The summed E-state index contributed by atoms with van der Waals surface area (Å²) in [6.07, 6.45) is 4.51. The zero-order valence-corrected chi connectivity index (χ0v) is 19.8. The van der Waals surface area contributed by atoms with Gasteiger partial charge < -0.3 is 5.32 Å². The molecule has 3 aliphatic heterocycles. The van der Waals surface area contributed by atoms with E-state index in [1.54, 1.807) is 48.5 Å². The average Bonchev–Trinajstić information content (AvgIpc) is 2.92. The van der Waals surface area contributed by atoms with Crippen molar-refractivity contribution in [1.82, 2.24) is 14.9 Å². The number of carbonyl (C=O) groups excluding carboxylic acids is 1. The standard InChI is InChI=1S/C21H25BrFN5O2S/c1-20(21(2)16(23)10-11-17(22)26-21)14-31(30)24-12-6-7-13-28(31)19(27-20)25-18(29)15-8-4-3-5-9-15/h3-5,8-11,26H,6-7,12-14H2,1-2H3,(H,25,27,29)/t20-,21?,31+/m0/s1. The topological polar surface area (TPSA) is 86.2 Å². The van der Waals surface area contributed by atoms with Gasteiger partial charge in [0.1, 0.15) is 26.8 Å². The number of hydrogen-bond acceptors (Lipinski definition) is 5. The molecule has 0 spiro atoms. The van der Waals surface area contributed by atoms with Gasteiger partial charge in [0, 0.05) is 12.1 Å². The first-order valence-corrected chi connectivity index (χ1v) is 12.6. The summed E-state index contributed by atoms with van der Waals surface area (Å²) in [4.78, 5) is 17.7. The van der Waals surface area contributed by atoms with Crippen molar-refractivity contribution in [2.24, 2.45) is 9.36 Å². The fourth-order valence-electron chi connectivity index (χ4n) is 3.99. The van der Waals surface area contributed by atoms with E-state index in [-0.39, 0.29) is 17.6 Å². The number of halogens is 2. The summed E-state index contributed by atoms with van der Waals surface area (Å²) in [5.74, 6) is -0.593. The number of benzene rings is 1. The van der Waals surface area contributed by atoms with Crippen LogP contribution in [0.5, 0.6) is 0 Å². The van der Waals surface area contributed by atoms with Crippen LogP contribution >= 0.6 is 15.9 Å². The maximum Gasteiger partial charge on any atom is 0.257 e. The summed E-state index contributed by atoms with van der Waals surface area (Å²) in [6, 6.07) is 8.74. The largest absolute Gasteiger partial charge is 0.366 e. The minimum absolute atomic E-state index is 0.0374. The lowest BCUT2D eigenvalue weighted by molar-refractivity contribution is 0.0973. The third-order valence-corrected chi connectivity index (χ3v) is 9.06. The Labute approximate surface area is 190 Å². The van der Waals surface area contributed by atoms with Crippen molar-refractivity contribution in [1.29, 1.82) is 0 Å².